The van der Waals surface area contributed by atoms with Crippen LogP contribution in [0.2, 0.25) is 0 Å². The predicted molar refractivity (Wildman–Crippen MR) is 57.7 cm³/mol. The molecule has 2 rings (SSSR count). The molecule has 16 heavy (non-hydrogen) atoms. The molecule has 6 nitrogen and oxygen atoms in total. The minimum Gasteiger partial charge on any atom is -0.390 e. The van der Waals surface area contributed by atoms with E-state index in [4.69, 9.17) is 9.63 Å². The molecule has 0 atom stereocenters. The maximum Gasteiger partial charge on any atom is 0.237 e. The van der Waals surface area contributed by atoms with Gasteiger partial charge in [0, 0.05) is 7.05 Å². The van der Waals surface area contributed by atoms with E-state index in [-0.39, 0.29) is 6.61 Å². The molecule has 0 saturated carbocycles. The van der Waals surface area contributed by atoms with Gasteiger partial charge in [0.1, 0.15) is 0 Å². The fourth-order valence-electron chi connectivity index (χ4n) is 1.23. The minimum atomic E-state index is -0.0102. The first kappa shape index (κ1) is 11.2. The number of thioether (sulfide) groups is 1. The van der Waals surface area contributed by atoms with E-state index in [1.165, 1.54) is 11.8 Å². The highest BCUT2D eigenvalue weighted by atomic mass is 32.2. The zero-order valence-electron chi connectivity index (χ0n) is 9.04. The van der Waals surface area contributed by atoms with Crippen molar-refractivity contribution in [2.75, 3.05) is 0 Å². The molecule has 1 N–H and O–H groups in total. The van der Waals surface area contributed by atoms with Crippen LogP contribution in [-0.2, 0) is 19.4 Å². The Labute approximate surface area is 96.7 Å². The molecule has 0 aliphatic carbocycles. The van der Waals surface area contributed by atoms with Crippen molar-refractivity contribution in [3.63, 3.8) is 0 Å². The Kier molecular flexibility index (Phi) is 3.25. The number of hydrogen-bond acceptors (Lipinski definition) is 6. The average Bonchev–Trinajstić information content (AvgIpc) is 2.83. The van der Waals surface area contributed by atoms with E-state index in [1.807, 2.05) is 11.6 Å². The van der Waals surface area contributed by atoms with E-state index in [0.29, 0.717) is 17.5 Å². The van der Waals surface area contributed by atoms with Crippen LogP contribution in [0.15, 0.2) is 15.9 Å². The highest BCUT2D eigenvalue weighted by Crippen LogP contribution is 2.21. The van der Waals surface area contributed by atoms with E-state index >= 15 is 0 Å². The van der Waals surface area contributed by atoms with Gasteiger partial charge in [0.05, 0.1) is 24.3 Å². The molecule has 0 fully saturated rings. The molecular formula is C9H12N4O2S. The molecule has 0 bridgehead atoms. The SMILES string of the molecule is Cc1noc(CSc2ncc(CO)n2C)n1. The van der Waals surface area contributed by atoms with Crippen molar-refractivity contribution >= 4 is 11.8 Å². The maximum atomic E-state index is 9.01. The topological polar surface area (TPSA) is 77.0 Å². The molecule has 0 radical (unpaired) electrons. The molecule has 0 saturated heterocycles. The highest BCUT2D eigenvalue weighted by molar-refractivity contribution is 7.98. The Morgan fingerprint density at radius 2 is 2.38 bits per heavy atom. The zero-order valence-corrected chi connectivity index (χ0v) is 9.86. The van der Waals surface area contributed by atoms with Crippen molar-refractivity contribution in [1.82, 2.24) is 19.7 Å². The van der Waals surface area contributed by atoms with Crippen molar-refractivity contribution in [2.45, 2.75) is 24.4 Å². The second-order valence-corrected chi connectivity index (χ2v) is 4.22. The first-order chi connectivity index (χ1) is 7.70. The Bertz CT molecular complexity index is 480. The summed E-state index contributed by atoms with van der Waals surface area (Å²) in [6.07, 6.45) is 1.65. The van der Waals surface area contributed by atoms with Crippen molar-refractivity contribution in [3.05, 3.63) is 23.6 Å². The molecular weight excluding hydrogens is 228 g/mol. The lowest BCUT2D eigenvalue weighted by Gasteiger charge is -2.01. The molecule has 0 spiro atoms. The van der Waals surface area contributed by atoms with Crippen LogP contribution in [0, 0.1) is 6.92 Å². The van der Waals surface area contributed by atoms with Crippen LogP contribution < -0.4 is 0 Å². The Morgan fingerprint density at radius 1 is 1.56 bits per heavy atom. The number of aliphatic hydroxyl groups excluding tert-OH is 1. The van der Waals surface area contributed by atoms with Crippen LogP contribution >= 0.6 is 11.8 Å². The lowest BCUT2D eigenvalue weighted by atomic mass is 10.5. The summed E-state index contributed by atoms with van der Waals surface area (Å²) < 4.78 is 6.83. The van der Waals surface area contributed by atoms with Crippen LogP contribution in [0.4, 0.5) is 0 Å². The third-order valence-corrected chi connectivity index (χ3v) is 3.13. The maximum absolute atomic E-state index is 9.01. The first-order valence-electron chi connectivity index (χ1n) is 4.74. The lowest BCUT2D eigenvalue weighted by Crippen LogP contribution is -1.97. The molecule has 0 unspecified atom stereocenters. The summed E-state index contributed by atoms with van der Waals surface area (Å²) in [6, 6.07) is 0. The van der Waals surface area contributed by atoms with Crippen molar-refractivity contribution in [1.29, 1.82) is 0 Å². The van der Waals surface area contributed by atoms with Gasteiger partial charge in [0.2, 0.25) is 5.89 Å². The van der Waals surface area contributed by atoms with Gasteiger partial charge < -0.3 is 14.2 Å². The number of nitrogens with zero attached hydrogens (tertiary/aromatic N) is 4. The van der Waals surface area contributed by atoms with Crippen molar-refractivity contribution < 1.29 is 9.63 Å². The van der Waals surface area contributed by atoms with E-state index in [9.17, 15) is 0 Å². The van der Waals surface area contributed by atoms with E-state index < -0.39 is 0 Å². The van der Waals surface area contributed by atoms with Gasteiger partial charge in [0.25, 0.3) is 0 Å². The average molecular weight is 240 g/mol. The van der Waals surface area contributed by atoms with Crippen molar-refractivity contribution in [3.8, 4) is 0 Å². The third kappa shape index (κ3) is 2.25. The van der Waals surface area contributed by atoms with E-state index in [1.54, 1.807) is 13.1 Å². The Balaban J connectivity index is 2.02. The quantitative estimate of drug-likeness (QED) is 0.800. The summed E-state index contributed by atoms with van der Waals surface area (Å²) in [5, 5.41) is 13.5. The van der Waals surface area contributed by atoms with Crippen LogP contribution in [-0.4, -0.2) is 24.8 Å². The monoisotopic (exact) mass is 240 g/mol. The number of aliphatic hydroxyl groups is 1. The van der Waals surface area contributed by atoms with Gasteiger partial charge in [-0.05, 0) is 6.92 Å². The standard InChI is InChI=1S/C9H12N4O2S/c1-6-11-8(15-12-6)5-16-9-10-3-7(4-14)13(9)2/h3,14H,4-5H2,1-2H3. The molecule has 0 aliphatic rings. The number of aryl methyl sites for hydroxylation is 1. The van der Waals surface area contributed by atoms with Crippen LogP contribution in [0.3, 0.4) is 0 Å². The molecule has 2 aromatic heterocycles. The normalized spacial score (nSPS) is 10.9. The van der Waals surface area contributed by atoms with Gasteiger partial charge in [-0.3, -0.25) is 0 Å². The van der Waals surface area contributed by atoms with Gasteiger partial charge in [0.15, 0.2) is 11.0 Å². The summed E-state index contributed by atoms with van der Waals surface area (Å²) >= 11 is 1.49. The number of aromatic nitrogens is 4. The molecule has 2 heterocycles. The minimum absolute atomic E-state index is 0.0102. The van der Waals surface area contributed by atoms with Crippen LogP contribution in [0.5, 0.6) is 0 Å². The lowest BCUT2D eigenvalue weighted by molar-refractivity contribution is 0.271. The largest absolute Gasteiger partial charge is 0.390 e. The molecule has 0 aliphatic heterocycles. The second kappa shape index (κ2) is 4.67. The second-order valence-electron chi connectivity index (χ2n) is 3.27. The molecule has 0 amide bonds. The summed E-state index contributed by atoms with van der Waals surface area (Å²) in [4.78, 5) is 8.28. The summed E-state index contributed by atoms with van der Waals surface area (Å²) in [6.45, 7) is 1.77. The van der Waals surface area contributed by atoms with Crippen LogP contribution in [0.1, 0.15) is 17.4 Å². The number of imidazole rings is 1. The third-order valence-electron chi connectivity index (χ3n) is 2.10. The smallest absolute Gasteiger partial charge is 0.237 e. The van der Waals surface area contributed by atoms with Gasteiger partial charge in [-0.2, -0.15) is 4.98 Å². The summed E-state index contributed by atoms with van der Waals surface area (Å²) in [7, 11) is 1.86. The van der Waals surface area contributed by atoms with Gasteiger partial charge in [-0.1, -0.05) is 16.9 Å². The van der Waals surface area contributed by atoms with E-state index in [2.05, 4.69) is 15.1 Å². The number of rotatable bonds is 4. The Morgan fingerprint density at radius 3 is 2.94 bits per heavy atom. The Hall–Kier alpha value is -1.34. The fourth-order valence-corrected chi connectivity index (χ4v) is 2.04. The van der Waals surface area contributed by atoms with Gasteiger partial charge in [-0.15, -0.1) is 0 Å². The molecule has 2 aromatic rings. The van der Waals surface area contributed by atoms with Gasteiger partial charge >= 0.3 is 0 Å². The van der Waals surface area contributed by atoms with Gasteiger partial charge in [-0.25, -0.2) is 4.98 Å². The predicted octanol–water partition coefficient (Wildman–Crippen LogP) is 0.896. The first-order valence-corrected chi connectivity index (χ1v) is 5.72. The molecule has 86 valence electrons. The number of hydrogen-bond donors (Lipinski definition) is 1. The van der Waals surface area contributed by atoms with Crippen molar-refractivity contribution in [2.24, 2.45) is 7.05 Å². The highest BCUT2D eigenvalue weighted by Gasteiger charge is 2.09. The summed E-state index contributed by atoms with van der Waals surface area (Å²) in [5.41, 5.74) is 0.782. The van der Waals surface area contributed by atoms with Crippen LogP contribution in [0.25, 0.3) is 0 Å². The fraction of sp³-hybridized carbons (Fsp3) is 0.444. The zero-order chi connectivity index (χ0) is 11.5. The molecule has 7 heteroatoms. The molecule has 0 aromatic carbocycles. The summed E-state index contributed by atoms with van der Waals surface area (Å²) in [5.74, 6) is 1.79. The van der Waals surface area contributed by atoms with E-state index in [0.717, 1.165) is 10.9 Å².